The zero-order valence-corrected chi connectivity index (χ0v) is 21.3. The lowest BCUT2D eigenvalue weighted by molar-refractivity contribution is -0.130. The number of amides is 1. The van der Waals surface area contributed by atoms with E-state index in [-0.39, 0.29) is 17.9 Å². The minimum absolute atomic E-state index is 0.00359. The normalized spacial score (nSPS) is 16.1. The Kier molecular flexibility index (Phi) is 6.12. The van der Waals surface area contributed by atoms with Crippen molar-refractivity contribution in [3.63, 3.8) is 0 Å². The van der Waals surface area contributed by atoms with E-state index in [0.29, 0.717) is 11.3 Å². The van der Waals surface area contributed by atoms with Crippen molar-refractivity contribution < 1.29 is 23.8 Å². The second-order valence-electron chi connectivity index (χ2n) is 10.3. The molecule has 1 N–H and O–H groups in total. The number of nitrogens with zero attached hydrogens (tertiary/aromatic N) is 1. The maximum absolute atomic E-state index is 13.8. The van der Waals surface area contributed by atoms with Gasteiger partial charge in [0.25, 0.3) is 5.91 Å². The Bertz CT molecular complexity index is 1510. The SMILES string of the molecule is Cc1cccc(C2C(C(=O)c3cc4ccccc4o3)=C(O)C(=O)N2Cc2ccccc2OC(C)(C)C)c1. The first-order valence-electron chi connectivity index (χ1n) is 12.2. The summed E-state index contributed by atoms with van der Waals surface area (Å²) in [6, 6.07) is 23.3. The summed E-state index contributed by atoms with van der Waals surface area (Å²) in [6.07, 6.45) is 0. The third-order valence-electron chi connectivity index (χ3n) is 6.28. The third kappa shape index (κ3) is 4.75. The topological polar surface area (TPSA) is 80.0 Å². The van der Waals surface area contributed by atoms with Crippen molar-refractivity contribution in [2.75, 3.05) is 0 Å². The average molecular weight is 496 g/mol. The summed E-state index contributed by atoms with van der Waals surface area (Å²) < 4.78 is 12.0. The van der Waals surface area contributed by atoms with Gasteiger partial charge in [0.1, 0.15) is 16.9 Å². The number of Topliss-reactive ketones (excluding diaryl/α,β-unsaturated/α-hetero) is 1. The van der Waals surface area contributed by atoms with Crippen molar-refractivity contribution in [2.24, 2.45) is 0 Å². The average Bonchev–Trinajstić information content (AvgIpc) is 3.39. The fourth-order valence-corrected chi connectivity index (χ4v) is 4.71. The van der Waals surface area contributed by atoms with Crippen LogP contribution in [0.1, 0.15) is 54.1 Å². The lowest BCUT2D eigenvalue weighted by atomic mass is 9.94. The Hall–Kier alpha value is -4.32. The van der Waals surface area contributed by atoms with Crippen LogP contribution in [0.4, 0.5) is 0 Å². The molecule has 188 valence electrons. The van der Waals surface area contributed by atoms with E-state index in [9.17, 15) is 14.7 Å². The number of aliphatic hydroxyl groups is 1. The van der Waals surface area contributed by atoms with Gasteiger partial charge in [0, 0.05) is 10.9 Å². The van der Waals surface area contributed by atoms with Crippen molar-refractivity contribution in [1.29, 1.82) is 0 Å². The summed E-state index contributed by atoms with van der Waals surface area (Å²) in [5.41, 5.74) is 2.60. The van der Waals surface area contributed by atoms with E-state index in [1.807, 2.05) is 94.4 Å². The Labute approximate surface area is 215 Å². The number of hydrogen-bond donors (Lipinski definition) is 1. The highest BCUT2D eigenvalue weighted by Gasteiger charge is 2.44. The zero-order chi connectivity index (χ0) is 26.3. The van der Waals surface area contributed by atoms with Crippen LogP contribution in [0.3, 0.4) is 0 Å². The minimum atomic E-state index is -0.796. The van der Waals surface area contributed by atoms with Crippen LogP contribution >= 0.6 is 0 Å². The van der Waals surface area contributed by atoms with Gasteiger partial charge in [0.05, 0.1) is 18.2 Å². The molecule has 6 heteroatoms. The van der Waals surface area contributed by atoms with Crippen molar-refractivity contribution in [3.05, 3.63) is 113 Å². The first kappa shape index (κ1) is 24.4. The quantitative estimate of drug-likeness (QED) is 0.301. The Morgan fingerprint density at radius 2 is 1.73 bits per heavy atom. The number of carbonyl (C=O) groups excluding carboxylic acids is 2. The van der Waals surface area contributed by atoms with Gasteiger partial charge < -0.3 is 19.2 Å². The van der Waals surface area contributed by atoms with E-state index in [4.69, 9.17) is 9.15 Å². The highest BCUT2D eigenvalue weighted by molar-refractivity contribution is 6.16. The first-order chi connectivity index (χ1) is 17.6. The van der Waals surface area contributed by atoms with Gasteiger partial charge in [0.2, 0.25) is 5.78 Å². The van der Waals surface area contributed by atoms with E-state index in [0.717, 1.165) is 22.1 Å². The molecule has 3 aromatic carbocycles. The fraction of sp³-hybridized carbons (Fsp3) is 0.226. The summed E-state index contributed by atoms with van der Waals surface area (Å²) in [6.45, 7) is 7.96. The highest BCUT2D eigenvalue weighted by atomic mass is 16.5. The highest BCUT2D eigenvalue weighted by Crippen LogP contribution is 2.41. The Morgan fingerprint density at radius 1 is 1.00 bits per heavy atom. The maximum atomic E-state index is 13.8. The first-order valence-corrected chi connectivity index (χ1v) is 12.2. The number of aliphatic hydroxyl groups excluding tert-OH is 1. The van der Waals surface area contributed by atoms with Gasteiger partial charge in [-0.05, 0) is 51.5 Å². The lowest BCUT2D eigenvalue weighted by Gasteiger charge is -2.29. The summed E-state index contributed by atoms with van der Waals surface area (Å²) in [5.74, 6) is -0.980. The number of aryl methyl sites for hydroxylation is 1. The molecule has 1 aliphatic heterocycles. The van der Waals surface area contributed by atoms with Crippen LogP contribution in [0.5, 0.6) is 5.75 Å². The molecule has 1 atom stereocenters. The standard InChI is InChI=1S/C31H29NO5/c1-19-10-9-13-21(16-19)27-26(28(33)25-17-20-11-5-7-14-23(20)36-25)29(34)30(35)32(27)18-22-12-6-8-15-24(22)37-31(2,3)4/h5-17,27,34H,18H2,1-4H3. The van der Waals surface area contributed by atoms with E-state index in [2.05, 4.69) is 0 Å². The summed E-state index contributed by atoms with van der Waals surface area (Å²) in [4.78, 5) is 28.8. The van der Waals surface area contributed by atoms with Gasteiger partial charge in [-0.3, -0.25) is 9.59 Å². The number of furan rings is 1. The number of ketones is 1. The molecule has 5 rings (SSSR count). The second-order valence-corrected chi connectivity index (χ2v) is 10.3. The smallest absolute Gasteiger partial charge is 0.290 e. The number of ether oxygens (including phenoxy) is 1. The van der Waals surface area contributed by atoms with Crippen LogP contribution in [-0.4, -0.2) is 27.3 Å². The number of rotatable bonds is 6. The molecule has 4 aromatic rings. The Balaban J connectivity index is 1.59. The summed E-state index contributed by atoms with van der Waals surface area (Å²) in [5, 5.41) is 11.8. The summed E-state index contributed by atoms with van der Waals surface area (Å²) >= 11 is 0. The molecule has 0 bridgehead atoms. The predicted octanol–water partition coefficient (Wildman–Crippen LogP) is 6.70. The molecule has 1 aromatic heterocycles. The van der Waals surface area contributed by atoms with Crippen LogP contribution in [0.2, 0.25) is 0 Å². The largest absolute Gasteiger partial charge is 0.503 e. The molecule has 1 amide bonds. The number of para-hydroxylation sites is 2. The van der Waals surface area contributed by atoms with Gasteiger partial charge in [-0.2, -0.15) is 0 Å². The second kappa shape index (κ2) is 9.28. The Morgan fingerprint density at radius 3 is 2.46 bits per heavy atom. The zero-order valence-electron chi connectivity index (χ0n) is 21.3. The molecule has 0 fully saturated rings. The molecular weight excluding hydrogens is 466 g/mol. The predicted molar refractivity (Wildman–Crippen MR) is 141 cm³/mol. The number of hydrogen-bond acceptors (Lipinski definition) is 5. The third-order valence-corrected chi connectivity index (χ3v) is 6.28. The van der Waals surface area contributed by atoms with Crippen molar-refractivity contribution in [2.45, 2.75) is 45.9 Å². The molecule has 6 nitrogen and oxygen atoms in total. The minimum Gasteiger partial charge on any atom is -0.503 e. The number of carbonyl (C=O) groups is 2. The lowest BCUT2D eigenvalue weighted by Crippen LogP contribution is -2.31. The molecular formula is C31H29NO5. The van der Waals surface area contributed by atoms with Crippen LogP contribution in [-0.2, 0) is 11.3 Å². The molecule has 0 spiro atoms. The van der Waals surface area contributed by atoms with Crippen LogP contribution in [0.15, 0.2) is 94.6 Å². The maximum Gasteiger partial charge on any atom is 0.290 e. The van der Waals surface area contributed by atoms with Crippen LogP contribution in [0, 0.1) is 6.92 Å². The fourth-order valence-electron chi connectivity index (χ4n) is 4.71. The monoisotopic (exact) mass is 495 g/mol. The van der Waals surface area contributed by atoms with Gasteiger partial charge in [-0.1, -0.05) is 66.2 Å². The molecule has 0 saturated carbocycles. The van der Waals surface area contributed by atoms with Crippen molar-refractivity contribution >= 4 is 22.7 Å². The van der Waals surface area contributed by atoms with Gasteiger partial charge in [-0.15, -0.1) is 0 Å². The van der Waals surface area contributed by atoms with E-state index in [1.54, 1.807) is 12.1 Å². The van der Waals surface area contributed by atoms with E-state index in [1.165, 1.54) is 4.90 Å². The van der Waals surface area contributed by atoms with Crippen molar-refractivity contribution in [1.82, 2.24) is 4.90 Å². The molecule has 0 radical (unpaired) electrons. The van der Waals surface area contributed by atoms with Gasteiger partial charge in [0.15, 0.2) is 11.5 Å². The molecule has 0 aliphatic carbocycles. The van der Waals surface area contributed by atoms with E-state index >= 15 is 0 Å². The van der Waals surface area contributed by atoms with Gasteiger partial charge >= 0.3 is 0 Å². The van der Waals surface area contributed by atoms with Crippen molar-refractivity contribution in [3.8, 4) is 5.75 Å². The molecule has 37 heavy (non-hydrogen) atoms. The molecule has 0 saturated heterocycles. The summed E-state index contributed by atoms with van der Waals surface area (Å²) in [7, 11) is 0. The van der Waals surface area contributed by atoms with Gasteiger partial charge in [-0.25, -0.2) is 0 Å². The number of fused-ring (bicyclic) bond motifs is 1. The van der Waals surface area contributed by atoms with Crippen LogP contribution in [0.25, 0.3) is 11.0 Å². The molecule has 2 heterocycles. The molecule has 1 aliphatic rings. The molecule has 1 unspecified atom stereocenters. The number of benzene rings is 3. The van der Waals surface area contributed by atoms with Crippen LogP contribution < -0.4 is 4.74 Å². The van der Waals surface area contributed by atoms with E-state index < -0.39 is 29.1 Å².